The first-order valence-electron chi connectivity index (χ1n) is 6.40. The average molecular weight is 332 g/mol. The van der Waals surface area contributed by atoms with E-state index < -0.39 is 0 Å². The van der Waals surface area contributed by atoms with Crippen LogP contribution in [0.3, 0.4) is 0 Å². The summed E-state index contributed by atoms with van der Waals surface area (Å²) in [5.41, 5.74) is 3.15. The summed E-state index contributed by atoms with van der Waals surface area (Å²) in [5, 5.41) is 4.07. The lowest BCUT2D eigenvalue weighted by molar-refractivity contribution is -0.114. The van der Waals surface area contributed by atoms with Gasteiger partial charge in [0.05, 0.1) is 6.20 Å². The van der Waals surface area contributed by atoms with Gasteiger partial charge in [0, 0.05) is 41.6 Å². The Hall–Kier alpha value is -1.88. The van der Waals surface area contributed by atoms with E-state index in [0.29, 0.717) is 0 Å². The van der Waals surface area contributed by atoms with E-state index in [-0.39, 0.29) is 5.91 Å². The van der Waals surface area contributed by atoms with Crippen LogP contribution in [0.15, 0.2) is 41.1 Å². The molecule has 0 atom stereocenters. The average Bonchev–Trinajstić information content (AvgIpc) is 3.01. The summed E-state index contributed by atoms with van der Waals surface area (Å²) < 4.78 is 2.77. The quantitative estimate of drug-likeness (QED) is 0.793. The van der Waals surface area contributed by atoms with Gasteiger partial charge in [0.25, 0.3) is 5.91 Å². The SMILES string of the molecule is Cn1cc(/C=C/C(=O)N2CCc3cc(Br)ccc32)cn1. The Bertz CT molecular complexity index is 690. The molecule has 1 aliphatic heterocycles. The molecule has 1 aromatic heterocycles. The first kappa shape index (κ1) is 13.1. The van der Waals surface area contributed by atoms with Crippen LogP contribution in [0.5, 0.6) is 0 Å². The number of fused-ring (bicyclic) bond motifs is 1. The van der Waals surface area contributed by atoms with Gasteiger partial charge in [-0.15, -0.1) is 0 Å². The summed E-state index contributed by atoms with van der Waals surface area (Å²) in [6, 6.07) is 6.03. The number of carbonyl (C=O) groups excluding carboxylic acids is 1. The van der Waals surface area contributed by atoms with Gasteiger partial charge in [-0.1, -0.05) is 15.9 Å². The number of hydrogen-bond donors (Lipinski definition) is 0. The van der Waals surface area contributed by atoms with Crippen molar-refractivity contribution in [2.24, 2.45) is 7.05 Å². The maximum atomic E-state index is 12.3. The standard InChI is InChI=1S/C15H14BrN3O/c1-18-10-11(9-17-18)2-5-15(20)19-7-6-12-8-13(16)3-4-14(12)19/h2-5,8-10H,6-7H2,1H3/b5-2+. The minimum absolute atomic E-state index is 0.00919. The third-order valence-corrected chi connectivity index (χ3v) is 3.84. The first-order valence-corrected chi connectivity index (χ1v) is 7.19. The van der Waals surface area contributed by atoms with Crippen LogP contribution in [0.25, 0.3) is 6.08 Å². The van der Waals surface area contributed by atoms with Crippen LogP contribution in [0.4, 0.5) is 5.69 Å². The van der Waals surface area contributed by atoms with E-state index in [1.165, 1.54) is 5.56 Å². The number of aryl methyl sites for hydroxylation is 1. The van der Waals surface area contributed by atoms with Gasteiger partial charge in [0.1, 0.15) is 0 Å². The second-order valence-electron chi connectivity index (χ2n) is 4.79. The van der Waals surface area contributed by atoms with Crippen molar-refractivity contribution in [1.82, 2.24) is 9.78 Å². The molecule has 2 aromatic rings. The molecule has 20 heavy (non-hydrogen) atoms. The molecular weight excluding hydrogens is 318 g/mol. The molecule has 0 saturated heterocycles. The number of rotatable bonds is 2. The van der Waals surface area contributed by atoms with Crippen LogP contribution < -0.4 is 4.90 Å². The molecule has 0 radical (unpaired) electrons. The van der Waals surface area contributed by atoms with Crippen molar-refractivity contribution >= 4 is 33.6 Å². The topological polar surface area (TPSA) is 38.1 Å². The lowest BCUT2D eigenvalue weighted by Gasteiger charge is -2.14. The zero-order valence-corrected chi connectivity index (χ0v) is 12.7. The predicted molar refractivity (Wildman–Crippen MR) is 82.4 cm³/mol. The second kappa shape index (κ2) is 5.25. The number of hydrogen-bond acceptors (Lipinski definition) is 2. The van der Waals surface area contributed by atoms with Gasteiger partial charge < -0.3 is 4.90 Å². The van der Waals surface area contributed by atoms with E-state index in [9.17, 15) is 4.79 Å². The molecule has 0 spiro atoms. The monoisotopic (exact) mass is 331 g/mol. The van der Waals surface area contributed by atoms with Crippen LogP contribution in [-0.2, 0) is 18.3 Å². The number of benzene rings is 1. The van der Waals surface area contributed by atoms with Crippen molar-refractivity contribution in [3.63, 3.8) is 0 Å². The fraction of sp³-hybridized carbons (Fsp3) is 0.200. The van der Waals surface area contributed by atoms with Crippen LogP contribution in [-0.4, -0.2) is 22.2 Å². The molecule has 1 amide bonds. The summed E-state index contributed by atoms with van der Waals surface area (Å²) in [4.78, 5) is 14.1. The molecule has 3 rings (SSSR count). The Morgan fingerprint density at radius 1 is 1.45 bits per heavy atom. The van der Waals surface area contributed by atoms with E-state index in [4.69, 9.17) is 0 Å². The number of nitrogens with zero attached hydrogens (tertiary/aromatic N) is 3. The lowest BCUT2D eigenvalue weighted by Crippen LogP contribution is -2.26. The van der Waals surface area contributed by atoms with Gasteiger partial charge in [-0.3, -0.25) is 9.48 Å². The largest absolute Gasteiger partial charge is 0.308 e. The van der Waals surface area contributed by atoms with Gasteiger partial charge >= 0.3 is 0 Å². The Balaban J connectivity index is 1.78. The number of aromatic nitrogens is 2. The van der Waals surface area contributed by atoms with E-state index in [1.54, 1.807) is 23.0 Å². The zero-order chi connectivity index (χ0) is 14.1. The van der Waals surface area contributed by atoms with Crippen molar-refractivity contribution in [2.45, 2.75) is 6.42 Å². The minimum atomic E-state index is 0.00919. The lowest BCUT2D eigenvalue weighted by atomic mass is 10.2. The van der Waals surface area contributed by atoms with Crippen LogP contribution in [0.1, 0.15) is 11.1 Å². The molecule has 1 aliphatic rings. The third-order valence-electron chi connectivity index (χ3n) is 3.35. The Morgan fingerprint density at radius 3 is 3.05 bits per heavy atom. The molecule has 102 valence electrons. The molecule has 0 saturated carbocycles. The molecular formula is C15H14BrN3O. The molecule has 1 aromatic carbocycles. The van der Waals surface area contributed by atoms with Gasteiger partial charge in [0.15, 0.2) is 0 Å². The normalized spacial score (nSPS) is 14.0. The molecule has 2 heterocycles. The van der Waals surface area contributed by atoms with Crippen LogP contribution >= 0.6 is 15.9 Å². The smallest absolute Gasteiger partial charge is 0.251 e. The Labute approximate surface area is 125 Å². The summed E-state index contributed by atoms with van der Waals surface area (Å²) in [5.74, 6) is 0.00919. The van der Waals surface area contributed by atoms with E-state index in [2.05, 4.69) is 27.1 Å². The van der Waals surface area contributed by atoms with Crippen molar-refractivity contribution in [3.8, 4) is 0 Å². The number of amides is 1. The number of halogens is 1. The highest BCUT2D eigenvalue weighted by molar-refractivity contribution is 9.10. The molecule has 5 heteroatoms. The Kier molecular flexibility index (Phi) is 3.44. The molecule has 0 aliphatic carbocycles. The van der Waals surface area contributed by atoms with Gasteiger partial charge in [-0.05, 0) is 36.3 Å². The van der Waals surface area contributed by atoms with Crippen molar-refractivity contribution < 1.29 is 4.79 Å². The maximum Gasteiger partial charge on any atom is 0.251 e. The van der Waals surface area contributed by atoms with E-state index >= 15 is 0 Å². The number of carbonyl (C=O) groups is 1. The third kappa shape index (κ3) is 2.54. The van der Waals surface area contributed by atoms with E-state index in [1.807, 2.05) is 30.3 Å². The van der Waals surface area contributed by atoms with Gasteiger partial charge in [-0.2, -0.15) is 5.10 Å². The minimum Gasteiger partial charge on any atom is -0.308 e. The first-order chi connectivity index (χ1) is 9.63. The summed E-state index contributed by atoms with van der Waals surface area (Å²) >= 11 is 3.46. The summed E-state index contributed by atoms with van der Waals surface area (Å²) in [6.07, 6.45) is 7.92. The summed E-state index contributed by atoms with van der Waals surface area (Å²) in [6.45, 7) is 0.738. The number of anilines is 1. The highest BCUT2D eigenvalue weighted by Gasteiger charge is 2.22. The van der Waals surface area contributed by atoms with Gasteiger partial charge in [0.2, 0.25) is 0 Å². The second-order valence-corrected chi connectivity index (χ2v) is 5.71. The zero-order valence-electron chi connectivity index (χ0n) is 11.1. The van der Waals surface area contributed by atoms with E-state index in [0.717, 1.165) is 28.7 Å². The maximum absolute atomic E-state index is 12.3. The molecule has 0 bridgehead atoms. The molecule has 0 unspecified atom stereocenters. The fourth-order valence-corrected chi connectivity index (χ4v) is 2.79. The van der Waals surface area contributed by atoms with Crippen molar-refractivity contribution in [3.05, 3.63) is 52.3 Å². The molecule has 0 N–H and O–H groups in total. The fourth-order valence-electron chi connectivity index (χ4n) is 2.38. The Morgan fingerprint density at radius 2 is 2.30 bits per heavy atom. The highest BCUT2D eigenvalue weighted by Crippen LogP contribution is 2.30. The van der Waals surface area contributed by atoms with Crippen LogP contribution in [0, 0.1) is 0 Å². The van der Waals surface area contributed by atoms with Crippen molar-refractivity contribution in [1.29, 1.82) is 0 Å². The predicted octanol–water partition coefficient (Wildman–Crippen LogP) is 2.79. The van der Waals surface area contributed by atoms with Gasteiger partial charge in [-0.25, -0.2) is 0 Å². The molecule has 4 nitrogen and oxygen atoms in total. The highest BCUT2D eigenvalue weighted by atomic mass is 79.9. The molecule has 0 fully saturated rings. The van der Waals surface area contributed by atoms with Crippen molar-refractivity contribution in [2.75, 3.05) is 11.4 Å². The summed E-state index contributed by atoms with van der Waals surface area (Å²) in [7, 11) is 1.85. The van der Waals surface area contributed by atoms with Crippen LogP contribution in [0.2, 0.25) is 0 Å².